The van der Waals surface area contributed by atoms with E-state index in [0.717, 1.165) is 23.4 Å². The highest BCUT2D eigenvalue weighted by atomic mass is 19.1. The summed E-state index contributed by atoms with van der Waals surface area (Å²) < 4.78 is 19.6. The molecule has 0 bridgehead atoms. The Labute approximate surface area is 208 Å². The van der Waals surface area contributed by atoms with Crippen molar-refractivity contribution in [2.45, 2.75) is 25.4 Å². The van der Waals surface area contributed by atoms with Crippen molar-refractivity contribution in [2.24, 2.45) is 9.98 Å². The lowest BCUT2D eigenvalue weighted by Crippen LogP contribution is -2.34. The molecule has 0 aliphatic carbocycles. The van der Waals surface area contributed by atoms with Gasteiger partial charge in [-0.2, -0.15) is 0 Å². The number of hydroxylamine groups is 1. The fourth-order valence-electron chi connectivity index (χ4n) is 4.47. The number of nitrogens with one attached hydrogen (secondary N) is 1. The van der Waals surface area contributed by atoms with Gasteiger partial charge in [-0.05, 0) is 30.7 Å². The number of benzene rings is 1. The molecule has 3 aromatic rings. The average Bonchev–Trinajstić information content (AvgIpc) is 3.28. The molecular formula is C25H27FN8O2. The molecule has 5 rings (SSSR count). The Morgan fingerprint density at radius 2 is 2.06 bits per heavy atom. The average molecular weight is 491 g/mol. The number of aryl methyl sites for hydroxylation is 1. The molecule has 0 amide bonds. The maximum absolute atomic E-state index is 14.4. The molecule has 2 aliphatic rings. The molecule has 0 radical (unpaired) electrons. The molecule has 3 N–H and O–H groups in total. The van der Waals surface area contributed by atoms with E-state index in [1.165, 1.54) is 12.1 Å². The standard InChI is InChI=1S/C25H27FN8O2/c1-14-23-21(32-25(27)29-14)10-20(31-24(23)33-36-12-16-11-34(2)13-28-16)17-8-7-15(26)9-18(17)19-5-4-6-22(30-19)35-3/h4-9,13,16,20H,10-12H2,1-3H3,(H,31,33)(H2,27,29,32)/t16?,20-/m1/s1. The number of amidine groups is 1. The van der Waals surface area contributed by atoms with E-state index in [1.807, 2.05) is 31.0 Å². The first-order chi connectivity index (χ1) is 17.4. The lowest BCUT2D eigenvalue weighted by molar-refractivity contribution is 0.0736. The summed E-state index contributed by atoms with van der Waals surface area (Å²) >= 11 is 0. The number of nitrogens with two attached hydrogens (primary N) is 1. The topological polar surface area (TPSA) is 123 Å². The van der Waals surface area contributed by atoms with Crippen LogP contribution in [-0.2, 0) is 11.3 Å². The van der Waals surface area contributed by atoms with Gasteiger partial charge in [0.2, 0.25) is 11.8 Å². The number of likely N-dealkylation sites (N-methyl/N-ethyl adjacent to an activating group) is 1. The molecule has 36 heavy (non-hydrogen) atoms. The van der Waals surface area contributed by atoms with E-state index in [1.54, 1.807) is 25.6 Å². The van der Waals surface area contributed by atoms with E-state index in [9.17, 15) is 4.39 Å². The van der Waals surface area contributed by atoms with Crippen LogP contribution < -0.4 is 16.0 Å². The number of hydrogen-bond acceptors (Lipinski definition) is 10. The maximum atomic E-state index is 14.4. The number of ether oxygens (including phenoxy) is 1. The lowest BCUT2D eigenvalue weighted by atomic mass is 9.91. The van der Waals surface area contributed by atoms with E-state index < -0.39 is 6.04 Å². The van der Waals surface area contributed by atoms with Gasteiger partial charge in [0.05, 0.1) is 54.8 Å². The van der Waals surface area contributed by atoms with Crippen molar-refractivity contribution >= 4 is 18.1 Å². The second kappa shape index (κ2) is 9.86. The number of aliphatic imine (C=N–C) groups is 2. The van der Waals surface area contributed by atoms with E-state index in [2.05, 4.69) is 25.4 Å². The zero-order valence-electron chi connectivity index (χ0n) is 20.3. The van der Waals surface area contributed by atoms with Gasteiger partial charge in [0.15, 0.2) is 5.84 Å². The molecule has 0 saturated heterocycles. The van der Waals surface area contributed by atoms with Crippen LogP contribution in [0.2, 0.25) is 0 Å². The summed E-state index contributed by atoms with van der Waals surface area (Å²) in [4.78, 5) is 30.5. The number of anilines is 1. The predicted octanol–water partition coefficient (Wildman–Crippen LogP) is 2.48. The van der Waals surface area contributed by atoms with Gasteiger partial charge in [0, 0.05) is 31.6 Å². The van der Waals surface area contributed by atoms with Crippen LogP contribution in [-0.4, -0.2) is 65.4 Å². The van der Waals surface area contributed by atoms with Gasteiger partial charge in [-0.3, -0.25) is 14.8 Å². The number of nitrogens with zero attached hydrogens (tertiary/aromatic N) is 6. The third-order valence-electron chi connectivity index (χ3n) is 6.09. The Kier molecular flexibility index (Phi) is 6.47. The molecule has 0 spiro atoms. The summed E-state index contributed by atoms with van der Waals surface area (Å²) in [7, 11) is 3.51. The van der Waals surface area contributed by atoms with Gasteiger partial charge in [-0.25, -0.2) is 24.8 Å². The molecule has 2 aliphatic heterocycles. The summed E-state index contributed by atoms with van der Waals surface area (Å²) in [6.07, 6.45) is 2.25. The smallest absolute Gasteiger partial charge is 0.220 e. The maximum Gasteiger partial charge on any atom is 0.220 e. The fourth-order valence-corrected chi connectivity index (χ4v) is 4.47. The molecule has 10 nitrogen and oxygen atoms in total. The van der Waals surface area contributed by atoms with Crippen LogP contribution in [0.5, 0.6) is 5.88 Å². The summed E-state index contributed by atoms with van der Waals surface area (Å²) in [6.45, 7) is 3.00. The van der Waals surface area contributed by atoms with E-state index >= 15 is 0 Å². The lowest BCUT2D eigenvalue weighted by Gasteiger charge is -2.26. The number of hydrogen-bond donors (Lipinski definition) is 2. The third-order valence-corrected chi connectivity index (χ3v) is 6.09. The highest BCUT2D eigenvalue weighted by Gasteiger charge is 2.29. The first-order valence-corrected chi connectivity index (χ1v) is 11.5. The van der Waals surface area contributed by atoms with Crippen molar-refractivity contribution < 1.29 is 14.0 Å². The minimum absolute atomic E-state index is 0.0218. The largest absolute Gasteiger partial charge is 0.481 e. The molecule has 4 heterocycles. The zero-order valence-corrected chi connectivity index (χ0v) is 20.3. The Balaban J connectivity index is 1.51. The van der Waals surface area contributed by atoms with Crippen molar-refractivity contribution in [3.63, 3.8) is 0 Å². The summed E-state index contributed by atoms with van der Waals surface area (Å²) in [5, 5.41) is 0. The Hall–Kier alpha value is -4.12. The van der Waals surface area contributed by atoms with Gasteiger partial charge in [-0.15, -0.1) is 0 Å². The fraction of sp³-hybridized carbons (Fsp3) is 0.320. The van der Waals surface area contributed by atoms with Gasteiger partial charge in [0.1, 0.15) is 5.82 Å². The van der Waals surface area contributed by atoms with Crippen molar-refractivity contribution in [3.05, 3.63) is 64.7 Å². The van der Waals surface area contributed by atoms with E-state index in [4.69, 9.17) is 20.3 Å². The summed E-state index contributed by atoms with van der Waals surface area (Å²) in [6, 6.07) is 9.60. The van der Waals surface area contributed by atoms with Crippen molar-refractivity contribution in [1.29, 1.82) is 0 Å². The molecule has 1 aromatic carbocycles. The Bertz CT molecular complexity index is 1350. The number of methoxy groups -OCH3 is 1. The highest BCUT2D eigenvalue weighted by molar-refractivity contribution is 6.01. The molecule has 11 heteroatoms. The van der Waals surface area contributed by atoms with Crippen LogP contribution in [0.1, 0.15) is 28.6 Å². The van der Waals surface area contributed by atoms with Gasteiger partial charge >= 0.3 is 0 Å². The number of rotatable bonds is 6. The Morgan fingerprint density at radius 1 is 1.19 bits per heavy atom. The van der Waals surface area contributed by atoms with Gasteiger partial charge in [0.25, 0.3) is 0 Å². The number of aromatic nitrogens is 3. The normalized spacial score (nSPS) is 18.7. The second-order valence-corrected chi connectivity index (χ2v) is 8.75. The molecular weight excluding hydrogens is 463 g/mol. The third kappa shape index (κ3) is 4.82. The van der Waals surface area contributed by atoms with Crippen molar-refractivity contribution in [3.8, 4) is 17.1 Å². The van der Waals surface area contributed by atoms with Crippen LogP contribution in [0.15, 0.2) is 46.4 Å². The minimum Gasteiger partial charge on any atom is -0.481 e. The summed E-state index contributed by atoms with van der Waals surface area (Å²) in [5.74, 6) is 0.740. The highest BCUT2D eigenvalue weighted by Crippen LogP contribution is 2.36. The molecule has 186 valence electrons. The first kappa shape index (κ1) is 23.6. The minimum atomic E-state index is -0.392. The molecule has 2 atom stereocenters. The number of fused-ring (bicyclic) bond motifs is 1. The van der Waals surface area contributed by atoms with E-state index in [-0.39, 0.29) is 17.8 Å². The van der Waals surface area contributed by atoms with Crippen LogP contribution in [0.25, 0.3) is 11.3 Å². The number of pyridine rings is 1. The van der Waals surface area contributed by atoms with Crippen LogP contribution >= 0.6 is 0 Å². The van der Waals surface area contributed by atoms with Crippen molar-refractivity contribution in [1.82, 2.24) is 25.3 Å². The predicted molar refractivity (Wildman–Crippen MR) is 134 cm³/mol. The van der Waals surface area contributed by atoms with Gasteiger partial charge < -0.3 is 15.4 Å². The SMILES string of the molecule is COc1cccc(-c2cc(F)ccc2[C@H]2Cc3nc(N)nc(C)c3C(NOCC3CN(C)C=N3)=N2)n1. The molecule has 0 saturated carbocycles. The molecule has 2 aromatic heterocycles. The van der Waals surface area contributed by atoms with Crippen LogP contribution in [0.3, 0.4) is 0 Å². The van der Waals surface area contributed by atoms with Crippen LogP contribution in [0.4, 0.5) is 10.3 Å². The monoisotopic (exact) mass is 490 g/mol. The molecule has 1 unspecified atom stereocenters. The Morgan fingerprint density at radius 3 is 2.83 bits per heavy atom. The second-order valence-electron chi connectivity index (χ2n) is 8.75. The number of nitrogen functional groups attached to an aromatic ring is 1. The van der Waals surface area contributed by atoms with E-state index in [0.29, 0.717) is 41.7 Å². The first-order valence-electron chi connectivity index (χ1n) is 11.5. The number of halogens is 1. The van der Waals surface area contributed by atoms with Crippen LogP contribution in [0, 0.1) is 12.7 Å². The van der Waals surface area contributed by atoms with Gasteiger partial charge in [-0.1, -0.05) is 12.1 Å². The quantitative estimate of drug-likeness (QED) is 0.505. The van der Waals surface area contributed by atoms with Crippen molar-refractivity contribution in [2.75, 3.05) is 33.0 Å². The molecule has 0 fully saturated rings. The summed E-state index contributed by atoms with van der Waals surface area (Å²) in [5.41, 5.74) is 13.1. The zero-order chi connectivity index (χ0) is 25.2.